The minimum absolute atomic E-state index is 0.00218. The summed E-state index contributed by atoms with van der Waals surface area (Å²) in [4.78, 5) is 12.5. The van der Waals surface area contributed by atoms with Crippen LogP contribution >= 0.6 is 11.6 Å². The highest BCUT2D eigenvalue weighted by atomic mass is 35.5. The zero-order valence-corrected chi connectivity index (χ0v) is 16.5. The molecule has 0 radical (unpaired) electrons. The molecule has 0 aliphatic rings. The van der Waals surface area contributed by atoms with Crippen LogP contribution < -0.4 is 4.72 Å². The Bertz CT molecular complexity index is 881. The molecule has 2 aromatic carbocycles. The van der Waals surface area contributed by atoms with Crippen LogP contribution in [0, 0.1) is 12.8 Å². The van der Waals surface area contributed by atoms with Crippen molar-refractivity contribution in [1.29, 1.82) is 0 Å². The fraction of sp³-hybridized carbons (Fsp3) is 0.316. The van der Waals surface area contributed by atoms with E-state index in [0.717, 1.165) is 11.1 Å². The first-order valence-corrected chi connectivity index (χ1v) is 10.1. The first-order valence-electron chi connectivity index (χ1n) is 8.20. The number of rotatable bonds is 7. The third-order valence-electron chi connectivity index (χ3n) is 3.94. The van der Waals surface area contributed by atoms with Gasteiger partial charge in [-0.3, -0.25) is 4.79 Å². The Labute approximate surface area is 159 Å². The Morgan fingerprint density at radius 2 is 1.85 bits per heavy atom. The summed E-state index contributed by atoms with van der Waals surface area (Å²) in [5.74, 6) is -0.901. The molecule has 0 aliphatic carbocycles. The molecule has 2 rings (SSSR count). The second-order valence-corrected chi connectivity index (χ2v) is 8.48. The number of esters is 1. The van der Waals surface area contributed by atoms with Crippen LogP contribution in [0.3, 0.4) is 0 Å². The van der Waals surface area contributed by atoms with Gasteiger partial charge >= 0.3 is 5.97 Å². The van der Waals surface area contributed by atoms with E-state index in [-0.39, 0.29) is 17.4 Å². The standard InChI is InChI=1S/C19H22ClNO4S/c1-13(2)18(19(22)25-12-15-8-5-4-7-14(15)3)21-26(23,24)17-10-6-9-16(20)11-17/h4-11,13,18,21H,12H2,1-3H3/t18-/m0/s1. The summed E-state index contributed by atoms with van der Waals surface area (Å²) in [6.45, 7) is 5.51. The SMILES string of the molecule is Cc1ccccc1COC(=O)[C@@H](NS(=O)(=O)c1cccc(Cl)c1)C(C)C. The van der Waals surface area contributed by atoms with Crippen molar-refractivity contribution in [1.82, 2.24) is 4.72 Å². The van der Waals surface area contributed by atoms with Crippen molar-refractivity contribution in [3.63, 3.8) is 0 Å². The molecule has 1 N–H and O–H groups in total. The maximum Gasteiger partial charge on any atom is 0.324 e. The third kappa shape index (κ3) is 5.30. The van der Waals surface area contributed by atoms with Crippen molar-refractivity contribution < 1.29 is 17.9 Å². The first-order chi connectivity index (χ1) is 12.2. The summed E-state index contributed by atoms with van der Waals surface area (Å²) in [6.07, 6.45) is 0. The number of aryl methyl sites for hydroxylation is 1. The van der Waals surface area contributed by atoms with Gasteiger partial charge < -0.3 is 4.74 Å². The quantitative estimate of drug-likeness (QED) is 0.725. The molecule has 0 saturated carbocycles. The molecule has 0 fully saturated rings. The number of benzene rings is 2. The van der Waals surface area contributed by atoms with E-state index in [2.05, 4.69) is 4.72 Å². The van der Waals surface area contributed by atoms with Crippen LogP contribution in [0.4, 0.5) is 0 Å². The van der Waals surface area contributed by atoms with E-state index >= 15 is 0 Å². The molecule has 0 heterocycles. The summed E-state index contributed by atoms with van der Waals surface area (Å²) in [5, 5.41) is 0.302. The minimum Gasteiger partial charge on any atom is -0.460 e. The zero-order valence-electron chi connectivity index (χ0n) is 14.9. The van der Waals surface area contributed by atoms with Crippen molar-refractivity contribution in [3.8, 4) is 0 Å². The molecule has 7 heteroatoms. The fourth-order valence-corrected chi connectivity index (χ4v) is 3.97. The molecule has 2 aromatic rings. The Kier molecular flexibility index (Phi) is 6.81. The molecule has 140 valence electrons. The lowest BCUT2D eigenvalue weighted by Crippen LogP contribution is -2.45. The maximum absolute atomic E-state index is 12.6. The molecule has 0 saturated heterocycles. The molecule has 5 nitrogen and oxygen atoms in total. The molecule has 0 bridgehead atoms. The third-order valence-corrected chi connectivity index (χ3v) is 5.61. The predicted molar refractivity (Wildman–Crippen MR) is 101 cm³/mol. The van der Waals surface area contributed by atoms with E-state index in [1.165, 1.54) is 18.2 Å². The van der Waals surface area contributed by atoms with Gasteiger partial charge in [0.25, 0.3) is 0 Å². The van der Waals surface area contributed by atoms with Crippen LogP contribution in [-0.4, -0.2) is 20.4 Å². The van der Waals surface area contributed by atoms with Gasteiger partial charge in [-0.2, -0.15) is 4.72 Å². The minimum atomic E-state index is -3.90. The van der Waals surface area contributed by atoms with E-state index in [9.17, 15) is 13.2 Å². The van der Waals surface area contributed by atoms with Crippen molar-refractivity contribution in [3.05, 3.63) is 64.7 Å². The van der Waals surface area contributed by atoms with Crippen LogP contribution in [-0.2, 0) is 26.2 Å². The molecule has 0 spiro atoms. The van der Waals surface area contributed by atoms with Gasteiger partial charge in [0.1, 0.15) is 12.6 Å². The normalized spacial score (nSPS) is 12.8. The average Bonchev–Trinajstić information content (AvgIpc) is 2.58. The topological polar surface area (TPSA) is 72.5 Å². The van der Waals surface area contributed by atoms with Crippen LogP contribution in [0.15, 0.2) is 53.4 Å². The summed E-state index contributed by atoms with van der Waals surface area (Å²) >= 11 is 5.86. The van der Waals surface area contributed by atoms with Crippen molar-refractivity contribution >= 4 is 27.6 Å². The molecular formula is C19H22ClNO4S. The van der Waals surface area contributed by atoms with Gasteiger partial charge in [-0.05, 0) is 42.2 Å². The van der Waals surface area contributed by atoms with Gasteiger partial charge in [-0.25, -0.2) is 8.42 Å². The fourth-order valence-electron chi connectivity index (χ4n) is 2.34. The van der Waals surface area contributed by atoms with Gasteiger partial charge in [0.05, 0.1) is 4.90 Å². The highest BCUT2D eigenvalue weighted by Crippen LogP contribution is 2.17. The van der Waals surface area contributed by atoms with Crippen molar-refractivity contribution in [2.75, 3.05) is 0 Å². The Morgan fingerprint density at radius 3 is 2.46 bits per heavy atom. The Hall–Kier alpha value is -1.89. The largest absolute Gasteiger partial charge is 0.460 e. The lowest BCUT2D eigenvalue weighted by atomic mass is 10.1. The molecule has 0 aliphatic heterocycles. The van der Waals surface area contributed by atoms with Crippen LogP contribution in [0.2, 0.25) is 5.02 Å². The smallest absolute Gasteiger partial charge is 0.324 e. The molecule has 0 aromatic heterocycles. The van der Waals surface area contributed by atoms with E-state index in [4.69, 9.17) is 16.3 Å². The Morgan fingerprint density at radius 1 is 1.15 bits per heavy atom. The molecular weight excluding hydrogens is 374 g/mol. The number of nitrogens with one attached hydrogen (secondary N) is 1. The summed E-state index contributed by atoms with van der Waals surface area (Å²) in [6, 6.07) is 12.4. The van der Waals surface area contributed by atoms with E-state index in [1.807, 2.05) is 31.2 Å². The number of carbonyl (C=O) groups excluding carboxylic acids is 1. The number of carbonyl (C=O) groups is 1. The van der Waals surface area contributed by atoms with E-state index in [0.29, 0.717) is 5.02 Å². The van der Waals surface area contributed by atoms with E-state index in [1.54, 1.807) is 19.9 Å². The lowest BCUT2D eigenvalue weighted by molar-refractivity contribution is -0.148. The number of hydrogen-bond donors (Lipinski definition) is 1. The molecule has 0 amide bonds. The predicted octanol–water partition coefficient (Wildman–Crippen LogP) is 3.69. The molecule has 26 heavy (non-hydrogen) atoms. The summed E-state index contributed by atoms with van der Waals surface area (Å²) in [7, 11) is -3.90. The Balaban J connectivity index is 2.13. The maximum atomic E-state index is 12.6. The van der Waals surface area contributed by atoms with Gasteiger partial charge in [-0.15, -0.1) is 0 Å². The highest BCUT2D eigenvalue weighted by molar-refractivity contribution is 7.89. The summed E-state index contributed by atoms with van der Waals surface area (Å²) < 4.78 is 32.9. The zero-order chi connectivity index (χ0) is 19.3. The van der Waals surface area contributed by atoms with Crippen molar-refractivity contribution in [2.45, 2.75) is 38.3 Å². The summed E-state index contributed by atoms with van der Waals surface area (Å²) in [5.41, 5.74) is 1.88. The van der Waals surface area contributed by atoms with Gasteiger partial charge in [0.15, 0.2) is 0 Å². The highest BCUT2D eigenvalue weighted by Gasteiger charge is 2.29. The second-order valence-electron chi connectivity index (χ2n) is 6.33. The van der Waals surface area contributed by atoms with Crippen molar-refractivity contribution in [2.24, 2.45) is 5.92 Å². The second kappa shape index (κ2) is 8.66. The van der Waals surface area contributed by atoms with Crippen LogP contribution in [0.1, 0.15) is 25.0 Å². The monoisotopic (exact) mass is 395 g/mol. The van der Waals surface area contributed by atoms with Gasteiger partial charge in [0, 0.05) is 5.02 Å². The molecule has 0 unspecified atom stereocenters. The average molecular weight is 396 g/mol. The number of ether oxygens (including phenoxy) is 1. The first kappa shape index (κ1) is 20.4. The van der Waals surface area contributed by atoms with E-state index < -0.39 is 22.0 Å². The van der Waals surface area contributed by atoms with Crippen LogP contribution in [0.5, 0.6) is 0 Å². The van der Waals surface area contributed by atoms with Gasteiger partial charge in [0.2, 0.25) is 10.0 Å². The molecule has 1 atom stereocenters. The van der Waals surface area contributed by atoms with Crippen LogP contribution in [0.25, 0.3) is 0 Å². The number of sulfonamides is 1. The van der Waals surface area contributed by atoms with Gasteiger partial charge in [-0.1, -0.05) is 55.8 Å². The lowest BCUT2D eigenvalue weighted by Gasteiger charge is -2.21. The number of hydrogen-bond acceptors (Lipinski definition) is 4. The number of halogens is 1.